The summed E-state index contributed by atoms with van der Waals surface area (Å²) in [6, 6.07) is 2.03. The Morgan fingerprint density at radius 1 is 1.69 bits per heavy atom. The minimum Gasteiger partial charge on any atom is -0.347 e. The van der Waals surface area contributed by atoms with Gasteiger partial charge in [0.15, 0.2) is 0 Å². The van der Waals surface area contributed by atoms with Gasteiger partial charge in [-0.3, -0.25) is 4.79 Å². The standard InChI is InChI=1S/C11H17BrN2OS/c1-4-16-7-8(2)13-11(15)10-5-9(12)6-14(10)3/h5-6,8H,4,7H2,1-3H3,(H,13,15). The second-order valence-electron chi connectivity index (χ2n) is 3.69. The zero-order valence-corrected chi connectivity index (χ0v) is 12.2. The van der Waals surface area contributed by atoms with E-state index in [9.17, 15) is 4.79 Å². The molecular formula is C11H17BrN2OS. The molecule has 0 aliphatic heterocycles. The zero-order valence-electron chi connectivity index (χ0n) is 9.79. The third-order valence-corrected chi connectivity index (χ3v) is 3.73. The number of hydrogen-bond acceptors (Lipinski definition) is 2. The van der Waals surface area contributed by atoms with Crippen LogP contribution in [-0.2, 0) is 7.05 Å². The molecule has 1 rings (SSSR count). The van der Waals surface area contributed by atoms with E-state index in [0.29, 0.717) is 5.69 Å². The van der Waals surface area contributed by atoms with Gasteiger partial charge in [0.25, 0.3) is 5.91 Å². The molecule has 0 saturated carbocycles. The Hall–Kier alpha value is -0.420. The lowest BCUT2D eigenvalue weighted by Crippen LogP contribution is -2.35. The molecule has 1 amide bonds. The van der Waals surface area contributed by atoms with Gasteiger partial charge >= 0.3 is 0 Å². The smallest absolute Gasteiger partial charge is 0.268 e. The average molecular weight is 305 g/mol. The van der Waals surface area contributed by atoms with Gasteiger partial charge in [0.05, 0.1) is 0 Å². The monoisotopic (exact) mass is 304 g/mol. The first-order valence-electron chi connectivity index (χ1n) is 5.25. The largest absolute Gasteiger partial charge is 0.347 e. The zero-order chi connectivity index (χ0) is 12.1. The first kappa shape index (κ1) is 13.6. The van der Waals surface area contributed by atoms with E-state index < -0.39 is 0 Å². The number of thioether (sulfide) groups is 1. The maximum Gasteiger partial charge on any atom is 0.268 e. The summed E-state index contributed by atoms with van der Waals surface area (Å²) in [5, 5.41) is 2.98. The molecule has 0 saturated heterocycles. The Kier molecular flexibility index (Phi) is 5.41. The predicted molar refractivity (Wildman–Crippen MR) is 73.0 cm³/mol. The summed E-state index contributed by atoms with van der Waals surface area (Å²) in [6.07, 6.45) is 1.88. The van der Waals surface area contributed by atoms with Crippen LogP contribution in [0, 0.1) is 0 Å². The van der Waals surface area contributed by atoms with Crippen LogP contribution in [0.1, 0.15) is 24.3 Å². The Morgan fingerprint density at radius 2 is 2.38 bits per heavy atom. The van der Waals surface area contributed by atoms with Crippen molar-refractivity contribution in [1.29, 1.82) is 0 Å². The van der Waals surface area contributed by atoms with Crippen molar-refractivity contribution in [3.63, 3.8) is 0 Å². The van der Waals surface area contributed by atoms with Crippen molar-refractivity contribution in [3.05, 3.63) is 22.4 Å². The second-order valence-corrected chi connectivity index (χ2v) is 5.92. The molecule has 0 bridgehead atoms. The third kappa shape index (κ3) is 3.87. The summed E-state index contributed by atoms with van der Waals surface area (Å²) in [5.74, 6) is 2.02. The number of rotatable bonds is 5. The van der Waals surface area contributed by atoms with Gasteiger partial charge in [0.2, 0.25) is 0 Å². The molecule has 0 radical (unpaired) electrons. The molecule has 0 fully saturated rings. The lowest BCUT2D eigenvalue weighted by Gasteiger charge is -2.13. The number of amides is 1. The van der Waals surface area contributed by atoms with E-state index in [1.807, 2.05) is 42.6 Å². The minimum atomic E-state index is -0.0163. The van der Waals surface area contributed by atoms with E-state index in [4.69, 9.17) is 0 Å². The van der Waals surface area contributed by atoms with Crippen LogP contribution in [0.3, 0.4) is 0 Å². The summed E-state index contributed by atoms with van der Waals surface area (Å²) in [6.45, 7) is 4.14. The average Bonchev–Trinajstić information content (AvgIpc) is 2.54. The Labute approximate surface area is 109 Å². The number of nitrogens with one attached hydrogen (secondary N) is 1. The van der Waals surface area contributed by atoms with Crippen molar-refractivity contribution < 1.29 is 4.79 Å². The number of aryl methyl sites for hydroxylation is 1. The number of carbonyl (C=O) groups excluding carboxylic acids is 1. The van der Waals surface area contributed by atoms with Gasteiger partial charge < -0.3 is 9.88 Å². The topological polar surface area (TPSA) is 34.0 Å². The molecule has 5 heteroatoms. The molecule has 1 aromatic rings. The number of hydrogen-bond donors (Lipinski definition) is 1. The van der Waals surface area contributed by atoms with Crippen LogP contribution in [0.4, 0.5) is 0 Å². The lowest BCUT2D eigenvalue weighted by molar-refractivity contribution is 0.0935. The number of aromatic nitrogens is 1. The maximum absolute atomic E-state index is 11.9. The van der Waals surface area contributed by atoms with Crippen LogP contribution in [0.15, 0.2) is 16.7 Å². The normalized spacial score (nSPS) is 12.5. The van der Waals surface area contributed by atoms with E-state index in [0.717, 1.165) is 16.0 Å². The molecule has 1 atom stereocenters. The first-order valence-corrected chi connectivity index (χ1v) is 7.19. The second kappa shape index (κ2) is 6.35. The fraction of sp³-hybridized carbons (Fsp3) is 0.545. The number of carbonyl (C=O) groups is 1. The molecule has 0 spiro atoms. The molecule has 1 unspecified atom stereocenters. The van der Waals surface area contributed by atoms with Gasteiger partial charge in [-0.1, -0.05) is 6.92 Å². The van der Waals surface area contributed by atoms with E-state index in [2.05, 4.69) is 28.2 Å². The van der Waals surface area contributed by atoms with Crippen molar-refractivity contribution in [2.75, 3.05) is 11.5 Å². The molecule has 1 aromatic heterocycles. The van der Waals surface area contributed by atoms with Crippen molar-refractivity contribution in [2.24, 2.45) is 7.05 Å². The highest BCUT2D eigenvalue weighted by atomic mass is 79.9. The van der Waals surface area contributed by atoms with Crippen molar-refractivity contribution in [1.82, 2.24) is 9.88 Å². The summed E-state index contributed by atoms with van der Waals surface area (Å²) in [5.41, 5.74) is 0.681. The fourth-order valence-corrected chi connectivity index (χ4v) is 2.58. The summed E-state index contributed by atoms with van der Waals surface area (Å²) in [7, 11) is 1.87. The van der Waals surface area contributed by atoms with Gasteiger partial charge in [-0.05, 0) is 34.7 Å². The van der Waals surface area contributed by atoms with Crippen molar-refractivity contribution in [3.8, 4) is 0 Å². The summed E-state index contributed by atoms with van der Waals surface area (Å²) >= 11 is 5.19. The maximum atomic E-state index is 11.9. The summed E-state index contributed by atoms with van der Waals surface area (Å²) in [4.78, 5) is 11.9. The third-order valence-electron chi connectivity index (χ3n) is 2.15. The van der Waals surface area contributed by atoms with Gasteiger partial charge in [0.1, 0.15) is 5.69 Å². The van der Waals surface area contributed by atoms with Crippen LogP contribution < -0.4 is 5.32 Å². The molecule has 16 heavy (non-hydrogen) atoms. The summed E-state index contributed by atoms with van der Waals surface area (Å²) < 4.78 is 2.75. The highest BCUT2D eigenvalue weighted by Crippen LogP contribution is 2.13. The predicted octanol–water partition coefficient (Wildman–Crippen LogP) is 2.66. The fourth-order valence-electron chi connectivity index (χ4n) is 1.38. The minimum absolute atomic E-state index is 0.0163. The van der Waals surface area contributed by atoms with Crippen molar-refractivity contribution in [2.45, 2.75) is 19.9 Å². The molecule has 1 N–H and O–H groups in total. The molecule has 90 valence electrons. The molecule has 0 aliphatic rings. The van der Waals surface area contributed by atoms with E-state index >= 15 is 0 Å². The van der Waals surface area contributed by atoms with Gasteiger partial charge in [-0.25, -0.2) is 0 Å². The Morgan fingerprint density at radius 3 is 2.88 bits per heavy atom. The van der Waals surface area contributed by atoms with Crippen LogP contribution in [-0.4, -0.2) is 28.0 Å². The highest BCUT2D eigenvalue weighted by molar-refractivity contribution is 9.10. The van der Waals surface area contributed by atoms with Crippen LogP contribution >= 0.6 is 27.7 Å². The van der Waals surface area contributed by atoms with Gasteiger partial charge in [0, 0.05) is 29.5 Å². The van der Waals surface area contributed by atoms with Crippen LogP contribution in [0.5, 0.6) is 0 Å². The molecule has 1 heterocycles. The quantitative estimate of drug-likeness (QED) is 0.907. The number of nitrogens with zero attached hydrogens (tertiary/aromatic N) is 1. The Balaban J connectivity index is 2.55. The lowest BCUT2D eigenvalue weighted by atomic mass is 10.3. The highest BCUT2D eigenvalue weighted by Gasteiger charge is 2.13. The van der Waals surface area contributed by atoms with Crippen molar-refractivity contribution >= 4 is 33.6 Å². The number of halogens is 1. The van der Waals surface area contributed by atoms with Crippen LogP contribution in [0.2, 0.25) is 0 Å². The van der Waals surface area contributed by atoms with Crippen LogP contribution in [0.25, 0.3) is 0 Å². The van der Waals surface area contributed by atoms with E-state index in [1.165, 1.54) is 0 Å². The first-order chi connectivity index (χ1) is 7.54. The van der Waals surface area contributed by atoms with Gasteiger partial charge in [-0.15, -0.1) is 0 Å². The van der Waals surface area contributed by atoms with E-state index in [1.54, 1.807) is 0 Å². The molecule has 0 aliphatic carbocycles. The molecule has 3 nitrogen and oxygen atoms in total. The molecular weight excluding hydrogens is 288 g/mol. The Bertz CT molecular complexity index is 365. The van der Waals surface area contributed by atoms with E-state index in [-0.39, 0.29) is 11.9 Å². The van der Waals surface area contributed by atoms with Gasteiger partial charge in [-0.2, -0.15) is 11.8 Å². The molecule has 0 aromatic carbocycles. The SMILES string of the molecule is CCSCC(C)NC(=O)c1cc(Br)cn1C.